The van der Waals surface area contributed by atoms with E-state index in [0.29, 0.717) is 6.54 Å². The minimum Gasteiger partial charge on any atom is -0.348 e. The fourth-order valence-electron chi connectivity index (χ4n) is 2.94. The molecule has 2 N–H and O–H groups in total. The summed E-state index contributed by atoms with van der Waals surface area (Å²) < 4.78 is 0. The molecule has 0 spiro atoms. The Balaban J connectivity index is 0.00000156. The first-order valence-corrected chi connectivity index (χ1v) is 7.96. The zero-order valence-corrected chi connectivity index (χ0v) is 16.2. The number of carbonyl (C=O) groups is 1. The van der Waals surface area contributed by atoms with E-state index in [1.165, 1.54) is 16.7 Å². The van der Waals surface area contributed by atoms with Crippen molar-refractivity contribution in [2.45, 2.75) is 26.2 Å². The molecule has 1 amide bonds. The first kappa shape index (κ1) is 21.5. The molecule has 6 heteroatoms. The highest BCUT2D eigenvalue weighted by Crippen LogP contribution is 2.17. The van der Waals surface area contributed by atoms with Crippen molar-refractivity contribution in [3.05, 3.63) is 70.3 Å². The Morgan fingerprint density at radius 2 is 1.72 bits per heavy atom. The van der Waals surface area contributed by atoms with Gasteiger partial charge in [-0.2, -0.15) is 0 Å². The fourth-order valence-corrected chi connectivity index (χ4v) is 2.94. The van der Waals surface area contributed by atoms with E-state index in [2.05, 4.69) is 27.7 Å². The number of hydrogen-bond donors (Lipinski definition) is 2. The van der Waals surface area contributed by atoms with Gasteiger partial charge < -0.3 is 15.5 Å². The summed E-state index contributed by atoms with van der Waals surface area (Å²) in [5, 5.41) is 6.34. The van der Waals surface area contributed by atoms with E-state index in [-0.39, 0.29) is 30.7 Å². The SMILES string of the molecule is CN(C)Cc1ccccc1CNC(=O)c1ccc2c(c1)CNC2.Cl.Cl. The summed E-state index contributed by atoms with van der Waals surface area (Å²) in [6.07, 6.45) is 0. The molecular weight excluding hydrogens is 357 g/mol. The van der Waals surface area contributed by atoms with Gasteiger partial charge in [-0.3, -0.25) is 4.79 Å². The molecule has 1 aliphatic rings. The molecule has 0 bridgehead atoms. The molecule has 1 heterocycles. The molecule has 0 radical (unpaired) electrons. The summed E-state index contributed by atoms with van der Waals surface area (Å²) in [6.45, 7) is 3.17. The average molecular weight is 382 g/mol. The molecule has 3 rings (SSSR count). The Hall–Kier alpha value is -1.59. The predicted octanol–water partition coefficient (Wildman–Crippen LogP) is 3.13. The van der Waals surface area contributed by atoms with Gasteiger partial charge in [-0.15, -0.1) is 24.8 Å². The number of amides is 1. The standard InChI is InChI=1S/C19H23N3O.2ClH/c1-22(2)13-17-6-4-3-5-15(17)12-21-19(23)14-7-8-16-10-20-11-18(16)9-14;;/h3-9,20H,10-13H2,1-2H3,(H,21,23);2*1H. The highest BCUT2D eigenvalue weighted by atomic mass is 35.5. The molecule has 1 aliphatic heterocycles. The molecule has 0 atom stereocenters. The molecule has 136 valence electrons. The quantitative estimate of drug-likeness (QED) is 0.835. The maximum atomic E-state index is 12.4. The Morgan fingerprint density at radius 1 is 1.04 bits per heavy atom. The van der Waals surface area contributed by atoms with E-state index in [4.69, 9.17) is 0 Å². The van der Waals surface area contributed by atoms with E-state index in [9.17, 15) is 4.79 Å². The van der Waals surface area contributed by atoms with Crippen molar-refractivity contribution in [1.29, 1.82) is 0 Å². The van der Waals surface area contributed by atoms with Crippen molar-refractivity contribution in [3.63, 3.8) is 0 Å². The third-order valence-corrected chi connectivity index (χ3v) is 4.14. The Bertz CT molecular complexity index is 720. The van der Waals surface area contributed by atoms with Gasteiger partial charge in [0.1, 0.15) is 0 Å². The van der Waals surface area contributed by atoms with Crippen LogP contribution in [-0.4, -0.2) is 24.9 Å². The lowest BCUT2D eigenvalue weighted by Gasteiger charge is -2.14. The van der Waals surface area contributed by atoms with Gasteiger partial charge >= 0.3 is 0 Å². The monoisotopic (exact) mass is 381 g/mol. The molecule has 2 aromatic carbocycles. The van der Waals surface area contributed by atoms with Crippen LogP contribution in [0.3, 0.4) is 0 Å². The minimum atomic E-state index is -0.0145. The van der Waals surface area contributed by atoms with Crippen molar-refractivity contribution in [2.75, 3.05) is 14.1 Å². The summed E-state index contributed by atoms with van der Waals surface area (Å²) in [5.41, 5.74) is 5.66. The van der Waals surface area contributed by atoms with Gasteiger partial charge in [0.2, 0.25) is 0 Å². The Labute approximate surface area is 161 Å². The molecule has 0 aliphatic carbocycles. The van der Waals surface area contributed by atoms with E-state index < -0.39 is 0 Å². The molecular formula is C19H25Cl2N3O. The van der Waals surface area contributed by atoms with Crippen molar-refractivity contribution in [1.82, 2.24) is 15.5 Å². The van der Waals surface area contributed by atoms with Gasteiger partial charge in [0.05, 0.1) is 0 Å². The number of nitrogens with one attached hydrogen (secondary N) is 2. The van der Waals surface area contributed by atoms with Crippen LogP contribution in [0, 0.1) is 0 Å². The molecule has 2 aromatic rings. The van der Waals surface area contributed by atoms with Gasteiger partial charge in [-0.05, 0) is 48.5 Å². The summed E-state index contributed by atoms with van der Waals surface area (Å²) in [5.74, 6) is -0.0145. The first-order valence-electron chi connectivity index (χ1n) is 7.96. The number of rotatable bonds is 5. The Kier molecular flexibility index (Phi) is 8.39. The van der Waals surface area contributed by atoms with Gasteiger partial charge in [0.15, 0.2) is 0 Å². The lowest BCUT2D eigenvalue weighted by molar-refractivity contribution is 0.0950. The van der Waals surface area contributed by atoms with E-state index in [0.717, 1.165) is 30.8 Å². The van der Waals surface area contributed by atoms with Crippen LogP contribution in [0.25, 0.3) is 0 Å². The van der Waals surface area contributed by atoms with Crippen LogP contribution in [0.15, 0.2) is 42.5 Å². The maximum Gasteiger partial charge on any atom is 0.251 e. The molecule has 25 heavy (non-hydrogen) atoms. The predicted molar refractivity (Wildman–Crippen MR) is 106 cm³/mol. The second-order valence-electron chi connectivity index (χ2n) is 6.28. The normalized spacial score (nSPS) is 12.1. The zero-order valence-electron chi connectivity index (χ0n) is 14.5. The zero-order chi connectivity index (χ0) is 16.2. The summed E-state index contributed by atoms with van der Waals surface area (Å²) in [4.78, 5) is 14.5. The van der Waals surface area contributed by atoms with Crippen LogP contribution in [0.5, 0.6) is 0 Å². The molecule has 0 aromatic heterocycles. The van der Waals surface area contributed by atoms with Crippen LogP contribution in [0.1, 0.15) is 32.6 Å². The molecule has 0 saturated carbocycles. The first-order chi connectivity index (χ1) is 11.1. The summed E-state index contributed by atoms with van der Waals surface area (Å²) in [6, 6.07) is 14.2. The van der Waals surface area contributed by atoms with Crippen LogP contribution in [0.4, 0.5) is 0 Å². The number of fused-ring (bicyclic) bond motifs is 1. The van der Waals surface area contributed by atoms with Gasteiger partial charge in [0, 0.05) is 31.7 Å². The molecule has 0 fully saturated rings. The topological polar surface area (TPSA) is 44.4 Å². The van der Waals surface area contributed by atoms with E-state index in [1.807, 2.05) is 44.4 Å². The van der Waals surface area contributed by atoms with Crippen molar-refractivity contribution in [2.24, 2.45) is 0 Å². The van der Waals surface area contributed by atoms with Crippen LogP contribution in [0.2, 0.25) is 0 Å². The lowest BCUT2D eigenvalue weighted by atomic mass is 10.0. The van der Waals surface area contributed by atoms with Gasteiger partial charge in [-0.1, -0.05) is 30.3 Å². The third kappa shape index (κ3) is 5.44. The fraction of sp³-hybridized carbons (Fsp3) is 0.316. The molecule has 4 nitrogen and oxygen atoms in total. The Morgan fingerprint density at radius 3 is 2.44 bits per heavy atom. The summed E-state index contributed by atoms with van der Waals surface area (Å²) >= 11 is 0. The number of halogens is 2. The average Bonchev–Trinajstić information content (AvgIpc) is 3.00. The smallest absolute Gasteiger partial charge is 0.251 e. The highest BCUT2D eigenvalue weighted by Gasteiger charge is 2.13. The number of carbonyl (C=O) groups excluding carboxylic acids is 1. The van der Waals surface area contributed by atoms with Gasteiger partial charge in [-0.25, -0.2) is 0 Å². The van der Waals surface area contributed by atoms with Crippen molar-refractivity contribution >= 4 is 30.7 Å². The largest absolute Gasteiger partial charge is 0.348 e. The lowest BCUT2D eigenvalue weighted by Crippen LogP contribution is -2.24. The van der Waals surface area contributed by atoms with Crippen LogP contribution >= 0.6 is 24.8 Å². The highest BCUT2D eigenvalue weighted by molar-refractivity contribution is 5.94. The van der Waals surface area contributed by atoms with Crippen molar-refractivity contribution in [3.8, 4) is 0 Å². The number of nitrogens with zero attached hydrogens (tertiary/aromatic N) is 1. The second kappa shape index (κ2) is 9.78. The van der Waals surface area contributed by atoms with Crippen LogP contribution in [-0.2, 0) is 26.2 Å². The third-order valence-electron chi connectivity index (χ3n) is 4.14. The van der Waals surface area contributed by atoms with E-state index >= 15 is 0 Å². The maximum absolute atomic E-state index is 12.4. The van der Waals surface area contributed by atoms with Gasteiger partial charge in [0.25, 0.3) is 5.91 Å². The second-order valence-corrected chi connectivity index (χ2v) is 6.28. The minimum absolute atomic E-state index is 0. The molecule has 0 unspecified atom stereocenters. The van der Waals surface area contributed by atoms with Crippen LogP contribution < -0.4 is 10.6 Å². The number of benzene rings is 2. The van der Waals surface area contributed by atoms with Crippen molar-refractivity contribution < 1.29 is 4.79 Å². The van der Waals surface area contributed by atoms with E-state index in [1.54, 1.807) is 0 Å². The molecule has 0 saturated heterocycles. The summed E-state index contributed by atoms with van der Waals surface area (Å²) in [7, 11) is 4.10. The number of hydrogen-bond acceptors (Lipinski definition) is 3.